The largest absolute Gasteiger partial charge is 0.383 e. The van der Waals surface area contributed by atoms with Crippen molar-refractivity contribution in [2.75, 3.05) is 16.8 Å². The van der Waals surface area contributed by atoms with Gasteiger partial charge < -0.3 is 16.8 Å². The highest BCUT2D eigenvalue weighted by molar-refractivity contribution is 6.00. The topological polar surface area (TPSA) is 141 Å². The molecule has 0 saturated carbocycles. The summed E-state index contributed by atoms with van der Waals surface area (Å²) in [4.78, 5) is 16.6. The molecule has 0 unspecified atom stereocenters. The zero-order valence-corrected chi connectivity index (χ0v) is 17.1. The van der Waals surface area contributed by atoms with Gasteiger partial charge in [0.1, 0.15) is 17.5 Å². The first-order valence-electron chi connectivity index (χ1n) is 9.64. The van der Waals surface area contributed by atoms with Gasteiger partial charge in [0, 0.05) is 24.2 Å². The number of pyridine rings is 2. The fourth-order valence-corrected chi connectivity index (χ4v) is 3.25. The third-order valence-corrected chi connectivity index (χ3v) is 4.80. The van der Waals surface area contributed by atoms with Gasteiger partial charge in [0.15, 0.2) is 17.3 Å². The van der Waals surface area contributed by atoms with Crippen molar-refractivity contribution in [1.29, 1.82) is 0 Å². The lowest BCUT2D eigenvalue weighted by Gasteiger charge is -2.13. The van der Waals surface area contributed by atoms with Crippen LogP contribution in [0.2, 0.25) is 0 Å². The summed E-state index contributed by atoms with van der Waals surface area (Å²) < 4.78 is 41.7. The second-order valence-electron chi connectivity index (χ2n) is 6.98. The van der Waals surface area contributed by atoms with Crippen molar-refractivity contribution >= 4 is 29.0 Å². The molecule has 11 heteroatoms. The number of halogens is 3. The average Bonchev–Trinajstić information content (AvgIpc) is 2.80. The van der Waals surface area contributed by atoms with Gasteiger partial charge in [-0.2, -0.15) is 9.97 Å². The van der Waals surface area contributed by atoms with Crippen molar-refractivity contribution in [1.82, 2.24) is 19.9 Å². The lowest BCUT2D eigenvalue weighted by atomic mass is 10.0. The fourth-order valence-electron chi connectivity index (χ4n) is 3.25. The number of benzene rings is 1. The molecule has 4 rings (SSSR count). The number of nitrogens with two attached hydrogens (primary N) is 3. The van der Waals surface area contributed by atoms with Crippen molar-refractivity contribution in [3.63, 3.8) is 0 Å². The molecule has 0 aliphatic heterocycles. The zero-order valence-electron chi connectivity index (χ0n) is 17.1. The van der Waals surface area contributed by atoms with E-state index >= 15 is 0 Å². The lowest BCUT2D eigenvalue weighted by molar-refractivity contribution is -0.114. The van der Waals surface area contributed by atoms with E-state index in [1.54, 1.807) is 36.7 Å². The molecule has 0 aliphatic carbocycles. The molecule has 0 fully saturated rings. The molecule has 7 N–H and O–H groups in total. The van der Waals surface area contributed by atoms with Crippen LogP contribution in [0.1, 0.15) is 11.3 Å². The predicted molar refractivity (Wildman–Crippen MR) is 118 cm³/mol. The van der Waals surface area contributed by atoms with Gasteiger partial charge in [0.05, 0.1) is 17.7 Å². The molecule has 0 radical (unpaired) electrons. The second-order valence-corrected chi connectivity index (χ2v) is 6.98. The van der Waals surface area contributed by atoms with Gasteiger partial charge in [-0.3, -0.25) is 10.4 Å². The van der Waals surface area contributed by atoms with Crippen molar-refractivity contribution < 1.29 is 18.6 Å². The maximum absolute atomic E-state index is 14.1. The summed E-state index contributed by atoms with van der Waals surface area (Å²) in [5.41, 5.74) is 13.4. The minimum Gasteiger partial charge on any atom is -0.383 e. The summed E-state index contributed by atoms with van der Waals surface area (Å²) in [5, 5.41) is 9.01. The third kappa shape index (κ3) is 4.42. The first kappa shape index (κ1) is 21.7. The van der Waals surface area contributed by atoms with Crippen LogP contribution in [0.4, 0.5) is 36.4 Å². The molecule has 0 aliphatic rings. The van der Waals surface area contributed by atoms with Crippen LogP contribution < -0.4 is 22.2 Å². The number of nitrogens with one attached hydrogen (secondary N) is 1. The molecule has 1 aromatic carbocycles. The predicted octanol–water partition coefficient (Wildman–Crippen LogP) is 2.05. The summed E-state index contributed by atoms with van der Waals surface area (Å²) in [7, 11) is 0. The smallest absolute Gasteiger partial charge is 0.231 e. The molecule has 0 atom stereocenters. The Labute approximate surface area is 186 Å². The van der Waals surface area contributed by atoms with E-state index in [1.807, 2.05) is 0 Å². The van der Waals surface area contributed by atoms with Crippen LogP contribution in [0, 0.1) is 17.5 Å². The molecular weight excluding hydrogens is 433 g/mol. The summed E-state index contributed by atoms with van der Waals surface area (Å²) in [5.74, 6) is -3.08. The van der Waals surface area contributed by atoms with Crippen LogP contribution in [-0.2, 0) is 6.42 Å². The van der Waals surface area contributed by atoms with E-state index in [4.69, 9.17) is 16.9 Å². The normalized spacial score (nSPS) is 10.8. The highest BCUT2D eigenvalue weighted by Crippen LogP contribution is 2.31. The summed E-state index contributed by atoms with van der Waals surface area (Å²) in [6.45, 7) is 0. The van der Waals surface area contributed by atoms with Gasteiger partial charge in [-0.15, -0.1) is 0 Å². The van der Waals surface area contributed by atoms with Crippen LogP contribution in [-0.4, -0.2) is 25.6 Å². The van der Waals surface area contributed by atoms with Crippen molar-refractivity contribution in [2.45, 2.75) is 6.42 Å². The first-order chi connectivity index (χ1) is 15.8. The van der Waals surface area contributed by atoms with Crippen LogP contribution in [0.15, 0.2) is 55.0 Å². The molecule has 4 aromatic rings. The zero-order chi connectivity index (χ0) is 23.5. The average molecular weight is 451 g/mol. The Kier molecular flexibility index (Phi) is 5.85. The van der Waals surface area contributed by atoms with E-state index in [2.05, 4.69) is 25.3 Å². The van der Waals surface area contributed by atoms with E-state index < -0.39 is 29.4 Å². The van der Waals surface area contributed by atoms with Gasteiger partial charge in [-0.1, -0.05) is 0 Å². The summed E-state index contributed by atoms with van der Waals surface area (Å²) in [6.07, 6.45) is 4.21. The van der Waals surface area contributed by atoms with Crippen LogP contribution >= 0.6 is 0 Å². The number of nitrogens with zero attached hydrogens (tertiary/aromatic N) is 4. The van der Waals surface area contributed by atoms with E-state index in [1.165, 1.54) is 6.20 Å². The third-order valence-electron chi connectivity index (χ3n) is 4.80. The summed E-state index contributed by atoms with van der Waals surface area (Å²) >= 11 is 0. The SMILES string of the molecule is Nc1nc(Nc2cccnc2C(=[NH2+])Cc2c(F)ccc(F)c2F)nc(N)c1-c1ccncc1. The highest BCUT2D eigenvalue weighted by atomic mass is 19.2. The second kappa shape index (κ2) is 8.91. The molecular formula is C22H18F3N8+. The number of anilines is 4. The Morgan fingerprint density at radius 2 is 1.58 bits per heavy atom. The Hall–Kier alpha value is -4.54. The van der Waals surface area contributed by atoms with Crippen LogP contribution in [0.25, 0.3) is 11.1 Å². The van der Waals surface area contributed by atoms with E-state index in [0.717, 1.165) is 6.07 Å². The van der Waals surface area contributed by atoms with Crippen molar-refractivity contribution in [2.24, 2.45) is 0 Å². The maximum Gasteiger partial charge on any atom is 0.231 e. The minimum atomic E-state index is -1.31. The van der Waals surface area contributed by atoms with Crippen LogP contribution in [0.5, 0.6) is 0 Å². The molecule has 3 heterocycles. The number of aromatic nitrogens is 4. The monoisotopic (exact) mass is 451 g/mol. The molecule has 0 amide bonds. The quantitative estimate of drug-likeness (QED) is 0.260. The first-order valence-corrected chi connectivity index (χ1v) is 9.64. The number of rotatable bonds is 6. The van der Waals surface area contributed by atoms with E-state index in [9.17, 15) is 13.2 Å². The van der Waals surface area contributed by atoms with Crippen molar-refractivity contribution in [3.8, 4) is 11.1 Å². The fraction of sp³-hybridized carbons (Fsp3) is 0.0455. The van der Waals surface area contributed by atoms with Gasteiger partial charge in [0.25, 0.3) is 0 Å². The van der Waals surface area contributed by atoms with E-state index in [0.29, 0.717) is 22.9 Å². The van der Waals surface area contributed by atoms with Gasteiger partial charge >= 0.3 is 0 Å². The Balaban J connectivity index is 1.64. The minimum absolute atomic E-state index is 0.00384. The molecule has 0 saturated heterocycles. The molecule has 8 nitrogen and oxygen atoms in total. The van der Waals surface area contributed by atoms with Crippen LogP contribution in [0.3, 0.4) is 0 Å². The molecule has 33 heavy (non-hydrogen) atoms. The Morgan fingerprint density at radius 1 is 0.909 bits per heavy atom. The Morgan fingerprint density at radius 3 is 2.27 bits per heavy atom. The standard InChI is InChI=1S/C22H17F3N8/c23-13-3-4-14(24)18(25)12(13)10-15(26)19-16(2-1-7-30-19)31-22-32-20(27)17(21(28)33-22)11-5-8-29-9-6-11/h1-9,26H,10H2,(H5,27,28,31,32,33)/p+1. The molecule has 0 spiro atoms. The number of hydrogen-bond acceptors (Lipinski definition) is 7. The van der Waals surface area contributed by atoms with Gasteiger partial charge in [0.2, 0.25) is 11.7 Å². The van der Waals surface area contributed by atoms with Crippen molar-refractivity contribution in [3.05, 3.63) is 83.7 Å². The molecule has 0 bridgehead atoms. The summed E-state index contributed by atoms with van der Waals surface area (Å²) in [6, 6.07) is 8.21. The maximum atomic E-state index is 14.1. The number of hydrogen-bond donors (Lipinski definition) is 4. The number of nitrogen functional groups attached to an aromatic ring is 2. The van der Waals surface area contributed by atoms with Gasteiger partial charge in [-0.05, 0) is 42.0 Å². The Bertz CT molecular complexity index is 1320. The molecule has 3 aromatic heterocycles. The van der Waals surface area contributed by atoms with Gasteiger partial charge in [-0.25, -0.2) is 18.2 Å². The lowest BCUT2D eigenvalue weighted by Crippen LogP contribution is -2.43. The molecule has 166 valence electrons. The van der Waals surface area contributed by atoms with E-state index in [-0.39, 0.29) is 29.0 Å². The highest BCUT2D eigenvalue weighted by Gasteiger charge is 2.22.